The van der Waals surface area contributed by atoms with E-state index < -0.39 is 0 Å². The van der Waals surface area contributed by atoms with E-state index in [9.17, 15) is 4.79 Å². The highest BCUT2D eigenvalue weighted by molar-refractivity contribution is 5.92. The van der Waals surface area contributed by atoms with Crippen LogP contribution in [0.4, 0.5) is 5.69 Å². The summed E-state index contributed by atoms with van der Waals surface area (Å²) >= 11 is 0. The number of hydrogen-bond donors (Lipinski definition) is 1. The van der Waals surface area contributed by atoms with Crippen molar-refractivity contribution < 1.29 is 9.53 Å². The average Bonchev–Trinajstić information content (AvgIpc) is 2.47. The molecule has 104 valence electrons. The molecule has 2 rings (SSSR count). The van der Waals surface area contributed by atoms with E-state index >= 15 is 0 Å². The van der Waals surface area contributed by atoms with Gasteiger partial charge in [-0.3, -0.25) is 0 Å². The third-order valence-electron chi connectivity index (χ3n) is 3.17. The molecule has 0 fully saturated rings. The van der Waals surface area contributed by atoms with Crippen molar-refractivity contribution in [1.82, 2.24) is 0 Å². The molecule has 0 saturated carbocycles. The lowest BCUT2D eigenvalue weighted by Gasteiger charge is -2.08. The van der Waals surface area contributed by atoms with Crippen LogP contribution in [0.5, 0.6) is 0 Å². The van der Waals surface area contributed by atoms with E-state index in [0.29, 0.717) is 17.9 Å². The molecule has 0 unspecified atom stereocenters. The first-order valence-corrected chi connectivity index (χ1v) is 6.74. The van der Waals surface area contributed by atoms with Crippen molar-refractivity contribution in [2.24, 2.45) is 0 Å². The van der Waals surface area contributed by atoms with E-state index in [1.807, 2.05) is 31.2 Å². The number of hydrogen-bond acceptors (Lipinski definition) is 3. The summed E-state index contributed by atoms with van der Waals surface area (Å²) in [6.45, 7) is 2.29. The predicted molar refractivity (Wildman–Crippen MR) is 80.6 cm³/mol. The van der Waals surface area contributed by atoms with Crippen LogP contribution in [0.25, 0.3) is 0 Å². The molecule has 20 heavy (non-hydrogen) atoms. The minimum Gasteiger partial charge on any atom is -0.462 e. The molecule has 0 saturated heterocycles. The number of ether oxygens (including phenoxy) is 1. The summed E-state index contributed by atoms with van der Waals surface area (Å²) in [5, 5.41) is 0. The van der Waals surface area contributed by atoms with Gasteiger partial charge < -0.3 is 10.5 Å². The largest absolute Gasteiger partial charge is 0.462 e. The number of nitrogen functional groups attached to an aromatic ring is 1. The van der Waals surface area contributed by atoms with Gasteiger partial charge in [-0.1, -0.05) is 36.4 Å². The summed E-state index contributed by atoms with van der Waals surface area (Å²) in [7, 11) is 0. The van der Waals surface area contributed by atoms with Gasteiger partial charge >= 0.3 is 5.97 Å². The molecule has 2 aromatic carbocycles. The fraction of sp³-hybridized carbons (Fsp3) is 0.235. The molecule has 3 nitrogen and oxygen atoms in total. The van der Waals surface area contributed by atoms with Gasteiger partial charge in [-0.05, 0) is 43.0 Å². The fourth-order valence-corrected chi connectivity index (χ4v) is 2.02. The van der Waals surface area contributed by atoms with Gasteiger partial charge in [0.1, 0.15) is 0 Å². The number of aryl methyl sites for hydroxylation is 2. The van der Waals surface area contributed by atoms with Crippen molar-refractivity contribution in [3.8, 4) is 0 Å². The van der Waals surface area contributed by atoms with Gasteiger partial charge in [0, 0.05) is 5.69 Å². The molecule has 0 amide bonds. The predicted octanol–water partition coefficient (Wildman–Crippen LogP) is 3.37. The van der Waals surface area contributed by atoms with E-state index in [2.05, 4.69) is 12.1 Å². The van der Waals surface area contributed by atoms with Gasteiger partial charge in [0.05, 0.1) is 12.2 Å². The van der Waals surface area contributed by atoms with Crippen LogP contribution in [0.1, 0.15) is 27.9 Å². The third-order valence-corrected chi connectivity index (χ3v) is 3.17. The lowest BCUT2D eigenvalue weighted by Crippen LogP contribution is -2.09. The normalized spacial score (nSPS) is 10.2. The highest BCUT2D eigenvalue weighted by atomic mass is 16.5. The Hall–Kier alpha value is -2.29. The Morgan fingerprint density at radius 1 is 1.15 bits per heavy atom. The number of carbonyl (C=O) groups excluding carboxylic acids is 1. The molecule has 0 bridgehead atoms. The van der Waals surface area contributed by atoms with Crippen molar-refractivity contribution in [1.29, 1.82) is 0 Å². The third kappa shape index (κ3) is 3.85. The molecule has 0 spiro atoms. The Morgan fingerprint density at radius 2 is 1.90 bits per heavy atom. The molecule has 0 aromatic heterocycles. The lowest BCUT2D eigenvalue weighted by atomic mass is 10.1. The fourth-order valence-electron chi connectivity index (χ4n) is 2.02. The zero-order chi connectivity index (χ0) is 14.4. The smallest absolute Gasteiger partial charge is 0.338 e. The molecular weight excluding hydrogens is 250 g/mol. The summed E-state index contributed by atoms with van der Waals surface area (Å²) in [6, 6.07) is 15.4. The van der Waals surface area contributed by atoms with E-state index in [-0.39, 0.29) is 5.97 Å². The summed E-state index contributed by atoms with van der Waals surface area (Å²) in [4.78, 5) is 12.0. The van der Waals surface area contributed by atoms with Gasteiger partial charge in [-0.25, -0.2) is 4.79 Å². The Kier molecular flexibility index (Phi) is 4.77. The van der Waals surface area contributed by atoms with Gasteiger partial charge in [0.15, 0.2) is 0 Å². The number of esters is 1. The summed E-state index contributed by atoms with van der Waals surface area (Å²) in [5.74, 6) is -0.303. The van der Waals surface area contributed by atoms with Crippen molar-refractivity contribution in [2.75, 3.05) is 12.3 Å². The number of benzene rings is 2. The van der Waals surface area contributed by atoms with Crippen LogP contribution in [0.15, 0.2) is 48.5 Å². The average molecular weight is 269 g/mol. The summed E-state index contributed by atoms with van der Waals surface area (Å²) in [6.07, 6.45) is 1.72. The van der Waals surface area contributed by atoms with Crippen LogP contribution >= 0.6 is 0 Å². The van der Waals surface area contributed by atoms with E-state index in [1.165, 1.54) is 5.56 Å². The highest BCUT2D eigenvalue weighted by Gasteiger charge is 2.10. The maximum atomic E-state index is 12.0. The first kappa shape index (κ1) is 14.1. The number of nitrogens with two attached hydrogens (primary N) is 1. The Balaban J connectivity index is 1.82. The van der Waals surface area contributed by atoms with E-state index in [0.717, 1.165) is 18.4 Å². The number of carbonyl (C=O) groups is 1. The van der Waals surface area contributed by atoms with Crippen LogP contribution in [-0.2, 0) is 11.2 Å². The Bertz CT molecular complexity index is 579. The minimum atomic E-state index is -0.303. The summed E-state index contributed by atoms with van der Waals surface area (Å²) in [5.41, 5.74) is 8.95. The number of rotatable bonds is 5. The molecule has 2 N–H and O–H groups in total. The van der Waals surface area contributed by atoms with Gasteiger partial charge in [0.2, 0.25) is 0 Å². The molecule has 0 heterocycles. The second-order valence-corrected chi connectivity index (χ2v) is 4.80. The van der Waals surface area contributed by atoms with Gasteiger partial charge in [0.25, 0.3) is 0 Å². The van der Waals surface area contributed by atoms with Crippen LogP contribution < -0.4 is 5.73 Å². The zero-order valence-electron chi connectivity index (χ0n) is 11.6. The minimum absolute atomic E-state index is 0.303. The molecule has 0 aliphatic carbocycles. The maximum Gasteiger partial charge on any atom is 0.338 e. The maximum absolute atomic E-state index is 12.0. The second-order valence-electron chi connectivity index (χ2n) is 4.80. The van der Waals surface area contributed by atoms with Gasteiger partial charge in [-0.15, -0.1) is 0 Å². The molecule has 0 aliphatic rings. The van der Waals surface area contributed by atoms with E-state index in [4.69, 9.17) is 10.5 Å². The number of anilines is 1. The second kappa shape index (κ2) is 6.75. The summed E-state index contributed by atoms with van der Waals surface area (Å²) < 4.78 is 5.29. The van der Waals surface area contributed by atoms with Crippen LogP contribution in [0.3, 0.4) is 0 Å². The molecule has 0 aliphatic heterocycles. The Labute approximate surface area is 119 Å². The molecule has 0 radical (unpaired) electrons. The topological polar surface area (TPSA) is 52.3 Å². The van der Waals surface area contributed by atoms with Crippen LogP contribution in [0.2, 0.25) is 0 Å². The Morgan fingerprint density at radius 3 is 2.65 bits per heavy atom. The van der Waals surface area contributed by atoms with E-state index in [1.54, 1.807) is 12.1 Å². The molecule has 0 atom stereocenters. The van der Waals surface area contributed by atoms with Crippen molar-refractivity contribution in [2.45, 2.75) is 19.8 Å². The van der Waals surface area contributed by atoms with Crippen molar-refractivity contribution >= 4 is 11.7 Å². The standard InChI is InChI=1S/C17H19NO2/c1-13-9-10-15(18)12-16(13)17(19)20-11-5-8-14-6-3-2-4-7-14/h2-4,6-7,9-10,12H,5,8,11,18H2,1H3. The first-order valence-electron chi connectivity index (χ1n) is 6.74. The highest BCUT2D eigenvalue weighted by Crippen LogP contribution is 2.14. The van der Waals surface area contributed by atoms with Crippen molar-refractivity contribution in [3.05, 3.63) is 65.2 Å². The van der Waals surface area contributed by atoms with Crippen LogP contribution in [-0.4, -0.2) is 12.6 Å². The monoisotopic (exact) mass is 269 g/mol. The molecule has 3 heteroatoms. The lowest BCUT2D eigenvalue weighted by molar-refractivity contribution is 0.0500. The van der Waals surface area contributed by atoms with Crippen LogP contribution in [0, 0.1) is 6.92 Å². The molecular formula is C17H19NO2. The zero-order valence-corrected chi connectivity index (χ0v) is 11.6. The first-order chi connectivity index (χ1) is 9.66. The SMILES string of the molecule is Cc1ccc(N)cc1C(=O)OCCCc1ccccc1. The quantitative estimate of drug-likeness (QED) is 0.514. The molecule has 2 aromatic rings. The van der Waals surface area contributed by atoms with Gasteiger partial charge in [-0.2, -0.15) is 0 Å². The van der Waals surface area contributed by atoms with Crippen molar-refractivity contribution in [3.63, 3.8) is 0 Å².